The van der Waals surface area contributed by atoms with Crippen molar-refractivity contribution in [1.82, 2.24) is 15.1 Å². The maximum Gasteiger partial charge on any atom is 0.286 e. The lowest BCUT2D eigenvalue weighted by atomic mass is 9.83. The van der Waals surface area contributed by atoms with Gasteiger partial charge in [-0.3, -0.25) is 14.4 Å². The molecule has 1 aromatic carbocycles. The van der Waals surface area contributed by atoms with Crippen molar-refractivity contribution in [2.45, 2.75) is 32.1 Å². The molecule has 1 N–H and O–H groups in total. The lowest BCUT2D eigenvalue weighted by molar-refractivity contribution is -0.142. The fourth-order valence-corrected chi connectivity index (χ4v) is 3.63. The van der Waals surface area contributed by atoms with Gasteiger partial charge in [-0.25, -0.2) is 0 Å². The van der Waals surface area contributed by atoms with E-state index in [-0.39, 0.29) is 23.5 Å². The van der Waals surface area contributed by atoms with E-state index < -0.39 is 5.41 Å². The normalized spacial score (nSPS) is 14.5. The van der Waals surface area contributed by atoms with Gasteiger partial charge in [-0.1, -0.05) is 30.3 Å². The van der Waals surface area contributed by atoms with Crippen LogP contribution >= 0.6 is 0 Å². The predicted molar refractivity (Wildman–Crippen MR) is 113 cm³/mol. The molecule has 1 aliphatic rings. The van der Waals surface area contributed by atoms with Crippen molar-refractivity contribution >= 4 is 17.7 Å². The van der Waals surface area contributed by atoms with Crippen LogP contribution in [0.2, 0.25) is 0 Å². The zero-order chi connectivity index (χ0) is 21.6. The summed E-state index contributed by atoms with van der Waals surface area (Å²) in [7, 11) is 0. The second-order valence-corrected chi connectivity index (χ2v) is 8.00. The van der Waals surface area contributed by atoms with Crippen LogP contribution < -0.4 is 5.32 Å². The van der Waals surface area contributed by atoms with E-state index in [0.29, 0.717) is 45.6 Å². The van der Waals surface area contributed by atoms with E-state index in [1.54, 1.807) is 17.0 Å². The number of nitrogens with zero attached hydrogens (tertiary/aromatic N) is 2. The van der Waals surface area contributed by atoms with Crippen LogP contribution in [0.5, 0.6) is 0 Å². The van der Waals surface area contributed by atoms with Gasteiger partial charge >= 0.3 is 0 Å². The number of furan rings is 1. The SMILES string of the molecule is CC(C)(C(=O)N1CCN(C(=O)CCCNC(=O)c2ccco2)CC1)c1ccccc1. The minimum Gasteiger partial charge on any atom is -0.459 e. The lowest BCUT2D eigenvalue weighted by Crippen LogP contribution is -2.54. The molecule has 1 aromatic heterocycles. The van der Waals surface area contributed by atoms with Crippen LogP contribution in [0.25, 0.3) is 0 Å². The third-order valence-corrected chi connectivity index (χ3v) is 5.55. The van der Waals surface area contributed by atoms with E-state index in [9.17, 15) is 14.4 Å². The Labute approximate surface area is 177 Å². The summed E-state index contributed by atoms with van der Waals surface area (Å²) in [5, 5.41) is 2.74. The summed E-state index contributed by atoms with van der Waals surface area (Å²) < 4.78 is 5.03. The first-order chi connectivity index (χ1) is 14.4. The molecule has 30 heavy (non-hydrogen) atoms. The maximum atomic E-state index is 13.0. The zero-order valence-electron chi connectivity index (χ0n) is 17.6. The first kappa shape index (κ1) is 21.6. The highest BCUT2D eigenvalue weighted by Gasteiger charge is 2.35. The Morgan fingerprint density at radius 1 is 0.967 bits per heavy atom. The number of piperazine rings is 1. The fraction of sp³-hybridized carbons (Fsp3) is 0.435. The number of benzene rings is 1. The Bertz CT molecular complexity index is 854. The van der Waals surface area contributed by atoms with Crippen molar-refractivity contribution < 1.29 is 18.8 Å². The van der Waals surface area contributed by atoms with E-state index in [1.165, 1.54) is 6.26 Å². The van der Waals surface area contributed by atoms with E-state index in [0.717, 1.165) is 5.56 Å². The van der Waals surface area contributed by atoms with E-state index in [4.69, 9.17) is 4.42 Å². The van der Waals surface area contributed by atoms with Crippen molar-refractivity contribution in [2.75, 3.05) is 32.7 Å². The van der Waals surface area contributed by atoms with Gasteiger partial charge in [-0.2, -0.15) is 0 Å². The maximum absolute atomic E-state index is 13.0. The Balaban J connectivity index is 1.41. The van der Waals surface area contributed by atoms with Crippen LogP contribution in [0.4, 0.5) is 0 Å². The second-order valence-electron chi connectivity index (χ2n) is 8.00. The van der Waals surface area contributed by atoms with Crippen LogP contribution in [-0.2, 0) is 15.0 Å². The summed E-state index contributed by atoms with van der Waals surface area (Å²) in [5.41, 5.74) is 0.393. The van der Waals surface area contributed by atoms with Crippen LogP contribution in [0.1, 0.15) is 42.8 Å². The molecule has 7 nitrogen and oxygen atoms in total. The van der Waals surface area contributed by atoms with Gasteiger partial charge in [0, 0.05) is 39.1 Å². The van der Waals surface area contributed by atoms with Crippen LogP contribution in [0, 0.1) is 0 Å². The lowest BCUT2D eigenvalue weighted by Gasteiger charge is -2.39. The molecule has 0 radical (unpaired) electrons. The van der Waals surface area contributed by atoms with E-state index in [2.05, 4.69) is 5.32 Å². The highest BCUT2D eigenvalue weighted by Crippen LogP contribution is 2.26. The van der Waals surface area contributed by atoms with Gasteiger partial charge in [0.05, 0.1) is 11.7 Å². The first-order valence-electron chi connectivity index (χ1n) is 10.3. The minimum absolute atomic E-state index is 0.0525. The van der Waals surface area contributed by atoms with Crippen LogP contribution in [0.3, 0.4) is 0 Å². The molecule has 1 fully saturated rings. The average Bonchev–Trinajstić information content (AvgIpc) is 3.32. The largest absolute Gasteiger partial charge is 0.459 e. The number of amides is 3. The number of hydrogen-bond acceptors (Lipinski definition) is 4. The van der Waals surface area contributed by atoms with E-state index >= 15 is 0 Å². The molecule has 0 bridgehead atoms. The van der Waals surface area contributed by atoms with Crippen molar-refractivity contribution in [3.05, 3.63) is 60.1 Å². The van der Waals surface area contributed by atoms with Gasteiger partial charge in [0.1, 0.15) is 0 Å². The van der Waals surface area contributed by atoms with Gasteiger partial charge in [0.2, 0.25) is 11.8 Å². The highest BCUT2D eigenvalue weighted by atomic mass is 16.3. The third-order valence-electron chi connectivity index (χ3n) is 5.55. The standard InChI is InChI=1S/C23H29N3O4/c1-23(2,18-8-4-3-5-9-18)22(29)26-15-13-25(14-16-26)20(27)11-6-12-24-21(28)19-10-7-17-30-19/h3-5,7-10,17H,6,11-16H2,1-2H3,(H,24,28). The first-order valence-corrected chi connectivity index (χ1v) is 10.3. The van der Waals surface area contributed by atoms with Crippen molar-refractivity contribution in [3.63, 3.8) is 0 Å². The average molecular weight is 412 g/mol. The molecule has 1 saturated heterocycles. The quantitative estimate of drug-likeness (QED) is 0.710. The highest BCUT2D eigenvalue weighted by molar-refractivity contribution is 5.91. The molecule has 0 spiro atoms. The Morgan fingerprint density at radius 3 is 2.27 bits per heavy atom. The second kappa shape index (κ2) is 9.61. The molecule has 0 atom stereocenters. The summed E-state index contributed by atoms with van der Waals surface area (Å²) in [5.74, 6) is 0.124. The predicted octanol–water partition coefficient (Wildman–Crippen LogP) is 2.44. The number of nitrogens with one attached hydrogen (secondary N) is 1. The Morgan fingerprint density at radius 2 is 1.63 bits per heavy atom. The molecule has 0 unspecified atom stereocenters. The molecule has 0 aliphatic carbocycles. The molecule has 3 rings (SSSR count). The number of rotatable bonds is 7. The molecular weight excluding hydrogens is 382 g/mol. The summed E-state index contributed by atoms with van der Waals surface area (Å²) in [4.78, 5) is 40.9. The van der Waals surface area contributed by atoms with Gasteiger partial charge in [-0.15, -0.1) is 0 Å². The molecule has 2 aromatic rings. The minimum atomic E-state index is -0.598. The van der Waals surface area contributed by atoms with Gasteiger partial charge in [0.25, 0.3) is 5.91 Å². The fourth-order valence-electron chi connectivity index (χ4n) is 3.63. The molecule has 160 valence electrons. The van der Waals surface area contributed by atoms with Crippen molar-refractivity contribution in [1.29, 1.82) is 0 Å². The molecule has 2 heterocycles. The van der Waals surface area contributed by atoms with Crippen molar-refractivity contribution in [2.24, 2.45) is 0 Å². The van der Waals surface area contributed by atoms with Crippen LogP contribution in [0.15, 0.2) is 53.1 Å². The van der Waals surface area contributed by atoms with Gasteiger partial charge in [0.15, 0.2) is 5.76 Å². The smallest absolute Gasteiger partial charge is 0.286 e. The van der Waals surface area contributed by atoms with Gasteiger partial charge in [-0.05, 0) is 38.0 Å². The summed E-state index contributed by atoms with van der Waals surface area (Å²) in [6.07, 6.45) is 2.37. The van der Waals surface area contributed by atoms with Crippen LogP contribution in [-0.4, -0.2) is 60.2 Å². The summed E-state index contributed by atoms with van der Waals surface area (Å²) in [6.45, 7) is 6.45. The molecule has 0 saturated carbocycles. The topological polar surface area (TPSA) is 82.9 Å². The monoisotopic (exact) mass is 411 g/mol. The van der Waals surface area contributed by atoms with E-state index in [1.807, 2.05) is 49.1 Å². The molecule has 7 heteroatoms. The number of hydrogen-bond donors (Lipinski definition) is 1. The summed E-state index contributed by atoms with van der Waals surface area (Å²) in [6, 6.07) is 13.0. The number of carbonyl (C=O) groups is 3. The Kier molecular flexibility index (Phi) is 6.92. The summed E-state index contributed by atoms with van der Waals surface area (Å²) >= 11 is 0. The molecule has 1 aliphatic heterocycles. The zero-order valence-corrected chi connectivity index (χ0v) is 17.6. The molecular formula is C23H29N3O4. The van der Waals surface area contributed by atoms with Crippen molar-refractivity contribution in [3.8, 4) is 0 Å². The Hall–Kier alpha value is -3.09. The van der Waals surface area contributed by atoms with Gasteiger partial charge < -0.3 is 19.5 Å². The number of carbonyl (C=O) groups excluding carboxylic acids is 3. The third kappa shape index (κ3) is 5.09. The molecule has 3 amide bonds.